The standard InChI is InChI=1S/C17H26N2O2/c1-5-19(4)17(20)13(3)18-15-10-7-11-21-16-12(2)8-6-9-14(15)16/h6,8-9,13,15,18H,5,7,10-11H2,1-4H3. The molecule has 1 aromatic carbocycles. The van der Waals surface area contributed by atoms with E-state index in [-0.39, 0.29) is 18.0 Å². The van der Waals surface area contributed by atoms with Crippen LogP contribution in [0.1, 0.15) is 43.9 Å². The molecular formula is C17H26N2O2. The SMILES string of the molecule is CCN(C)C(=O)C(C)NC1CCCOc2c(C)cccc21. The maximum Gasteiger partial charge on any atom is 0.239 e. The molecule has 2 atom stereocenters. The van der Waals surface area contributed by atoms with Crippen molar-refractivity contribution in [2.75, 3.05) is 20.2 Å². The lowest BCUT2D eigenvalue weighted by molar-refractivity contribution is -0.131. The van der Waals surface area contributed by atoms with Gasteiger partial charge in [-0.3, -0.25) is 10.1 Å². The molecule has 0 aliphatic carbocycles. The van der Waals surface area contributed by atoms with Crippen LogP contribution in [0.5, 0.6) is 5.75 Å². The van der Waals surface area contributed by atoms with E-state index in [9.17, 15) is 4.79 Å². The minimum atomic E-state index is -0.189. The second-order valence-corrected chi connectivity index (χ2v) is 5.78. The number of fused-ring (bicyclic) bond motifs is 1. The average molecular weight is 290 g/mol. The molecule has 1 N–H and O–H groups in total. The second kappa shape index (κ2) is 6.94. The summed E-state index contributed by atoms with van der Waals surface area (Å²) in [6.07, 6.45) is 1.99. The van der Waals surface area contributed by atoms with Gasteiger partial charge in [0.25, 0.3) is 0 Å². The number of carbonyl (C=O) groups excluding carboxylic acids is 1. The summed E-state index contributed by atoms with van der Waals surface area (Å²) in [5, 5.41) is 3.49. The number of hydrogen-bond acceptors (Lipinski definition) is 3. The minimum Gasteiger partial charge on any atom is -0.493 e. The predicted octanol–water partition coefficient (Wildman–Crippen LogP) is 2.67. The van der Waals surface area contributed by atoms with E-state index in [1.165, 1.54) is 5.56 Å². The van der Waals surface area contributed by atoms with Crippen LogP contribution >= 0.6 is 0 Å². The summed E-state index contributed by atoms with van der Waals surface area (Å²) in [6, 6.07) is 6.22. The van der Waals surface area contributed by atoms with Gasteiger partial charge in [0.1, 0.15) is 5.75 Å². The van der Waals surface area contributed by atoms with Crippen LogP contribution in [0.15, 0.2) is 18.2 Å². The van der Waals surface area contributed by atoms with Crippen molar-refractivity contribution in [3.8, 4) is 5.75 Å². The van der Waals surface area contributed by atoms with E-state index in [1.54, 1.807) is 4.90 Å². The quantitative estimate of drug-likeness (QED) is 0.927. The molecular weight excluding hydrogens is 264 g/mol. The fourth-order valence-corrected chi connectivity index (χ4v) is 2.80. The number of benzene rings is 1. The highest BCUT2D eigenvalue weighted by Gasteiger charge is 2.25. The molecule has 0 bridgehead atoms. The molecule has 4 nitrogen and oxygen atoms in total. The predicted molar refractivity (Wildman–Crippen MR) is 84.6 cm³/mol. The van der Waals surface area contributed by atoms with E-state index in [4.69, 9.17) is 4.74 Å². The number of ether oxygens (including phenoxy) is 1. The monoisotopic (exact) mass is 290 g/mol. The van der Waals surface area contributed by atoms with Gasteiger partial charge >= 0.3 is 0 Å². The van der Waals surface area contributed by atoms with E-state index < -0.39 is 0 Å². The van der Waals surface area contributed by atoms with Gasteiger partial charge in [0, 0.05) is 25.2 Å². The largest absolute Gasteiger partial charge is 0.493 e. The molecule has 116 valence electrons. The van der Waals surface area contributed by atoms with Crippen molar-refractivity contribution < 1.29 is 9.53 Å². The third-order valence-corrected chi connectivity index (χ3v) is 4.17. The number of para-hydroxylation sites is 1. The zero-order chi connectivity index (χ0) is 15.4. The van der Waals surface area contributed by atoms with Gasteiger partial charge < -0.3 is 9.64 Å². The first-order chi connectivity index (χ1) is 10.0. The fraction of sp³-hybridized carbons (Fsp3) is 0.588. The molecule has 2 rings (SSSR count). The van der Waals surface area contributed by atoms with Gasteiger partial charge in [-0.25, -0.2) is 0 Å². The molecule has 0 aromatic heterocycles. The third kappa shape index (κ3) is 3.56. The van der Waals surface area contributed by atoms with Crippen LogP contribution in [0.3, 0.4) is 0 Å². The van der Waals surface area contributed by atoms with Crippen molar-refractivity contribution in [2.45, 2.75) is 45.7 Å². The summed E-state index contributed by atoms with van der Waals surface area (Å²) in [6.45, 7) is 7.47. The van der Waals surface area contributed by atoms with Crippen molar-refractivity contribution in [3.05, 3.63) is 29.3 Å². The average Bonchev–Trinajstić information content (AvgIpc) is 2.69. The van der Waals surface area contributed by atoms with Gasteiger partial charge in [-0.05, 0) is 39.2 Å². The maximum absolute atomic E-state index is 12.2. The molecule has 2 unspecified atom stereocenters. The van der Waals surface area contributed by atoms with Crippen molar-refractivity contribution in [2.24, 2.45) is 0 Å². The Morgan fingerprint density at radius 2 is 2.29 bits per heavy atom. The smallest absolute Gasteiger partial charge is 0.239 e. The molecule has 1 amide bonds. The Bertz CT molecular complexity index is 502. The lowest BCUT2D eigenvalue weighted by Gasteiger charge is -2.26. The summed E-state index contributed by atoms with van der Waals surface area (Å²) in [5.41, 5.74) is 2.33. The fourth-order valence-electron chi connectivity index (χ4n) is 2.80. The molecule has 21 heavy (non-hydrogen) atoms. The van der Waals surface area contributed by atoms with Gasteiger partial charge in [0.05, 0.1) is 12.6 Å². The Kier molecular flexibility index (Phi) is 5.23. The Morgan fingerprint density at radius 3 is 3.00 bits per heavy atom. The van der Waals surface area contributed by atoms with Crippen LogP contribution in [0.4, 0.5) is 0 Å². The van der Waals surface area contributed by atoms with Crippen LogP contribution < -0.4 is 10.1 Å². The van der Waals surface area contributed by atoms with Crippen LogP contribution in [-0.2, 0) is 4.79 Å². The van der Waals surface area contributed by atoms with E-state index in [1.807, 2.05) is 20.9 Å². The summed E-state index contributed by atoms with van der Waals surface area (Å²) in [7, 11) is 1.84. The molecule has 0 saturated carbocycles. The molecule has 1 aliphatic heterocycles. The molecule has 0 saturated heterocycles. The Labute approximate surface area is 127 Å². The molecule has 1 aliphatic rings. The second-order valence-electron chi connectivity index (χ2n) is 5.78. The van der Waals surface area contributed by atoms with E-state index in [2.05, 4.69) is 30.4 Å². The van der Waals surface area contributed by atoms with Crippen molar-refractivity contribution in [1.29, 1.82) is 0 Å². The normalized spacial score (nSPS) is 19.1. The molecule has 1 heterocycles. The highest BCUT2D eigenvalue weighted by atomic mass is 16.5. The van der Waals surface area contributed by atoms with Gasteiger partial charge in [-0.2, -0.15) is 0 Å². The molecule has 0 spiro atoms. The number of amides is 1. The number of carbonyl (C=O) groups is 1. The van der Waals surface area contributed by atoms with Crippen LogP contribution in [-0.4, -0.2) is 37.0 Å². The van der Waals surface area contributed by atoms with E-state index in [0.29, 0.717) is 0 Å². The van der Waals surface area contributed by atoms with Crippen LogP contribution in [0.25, 0.3) is 0 Å². The summed E-state index contributed by atoms with van der Waals surface area (Å²) in [4.78, 5) is 14.0. The van der Waals surface area contributed by atoms with E-state index in [0.717, 1.165) is 37.3 Å². The Hall–Kier alpha value is -1.55. The van der Waals surface area contributed by atoms with E-state index >= 15 is 0 Å². The van der Waals surface area contributed by atoms with Gasteiger partial charge in [0.2, 0.25) is 5.91 Å². The molecule has 0 radical (unpaired) electrons. The number of nitrogens with zero attached hydrogens (tertiary/aromatic N) is 1. The zero-order valence-corrected chi connectivity index (χ0v) is 13.5. The number of nitrogens with one attached hydrogen (secondary N) is 1. The minimum absolute atomic E-state index is 0.136. The number of likely N-dealkylation sites (N-methyl/N-ethyl adjacent to an activating group) is 1. The van der Waals surface area contributed by atoms with Crippen LogP contribution in [0.2, 0.25) is 0 Å². The summed E-state index contributed by atoms with van der Waals surface area (Å²) >= 11 is 0. The first-order valence-electron chi connectivity index (χ1n) is 7.78. The van der Waals surface area contributed by atoms with Crippen molar-refractivity contribution >= 4 is 5.91 Å². The zero-order valence-electron chi connectivity index (χ0n) is 13.5. The lowest BCUT2D eigenvalue weighted by Crippen LogP contribution is -2.44. The highest BCUT2D eigenvalue weighted by molar-refractivity contribution is 5.81. The lowest BCUT2D eigenvalue weighted by atomic mass is 9.99. The highest BCUT2D eigenvalue weighted by Crippen LogP contribution is 2.34. The van der Waals surface area contributed by atoms with Gasteiger partial charge in [-0.1, -0.05) is 18.2 Å². The third-order valence-electron chi connectivity index (χ3n) is 4.17. The summed E-state index contributed by atoms with van der Waals surface area (Å²) < 4.78 is 5.88. The maximum atomic E-state index is 12.2. The van der Waals surface area contributed by atoms with Crippen molar-refractivity contribution in [1.82, 2.24) is 10.2 Å². The first kappa shape index (κ1) is 15.8. The van der Waals surface area contributed by atoms with Gasteiger partial charge in [0.15, 0.2) is 0 Å². The Morgan fingerprint density at radius 1 is 1.52 bits per heavy atom. The van der Waals surface area contributed by atoms with Crippen molar-refractivity contribution in [3.63, 3.8) is 0 Å². The van der Waals surface area contributed by atoms with Gasteiger partial charge in [-0.15, -0.1) is 0 Å². The topological polar surface area (TPSA) is 41.6 Å². The Balaban J connectivity index is 2.17. The number of hydrogen-bond donors (Lipinski definition) is 1. The number of aryl methyl sites for hydroxylation is 1. The molecule has 1 aromatic rings. The van der Waals surface area contributed by atoms with Crippen LogP contribution in [0, 0.1) is 6.92 Å². The first-order valence-corrected chi connectivity index (χ1v) is 7.78. The molecule has 0 fully saturated rings. The number of rotatable bonds is 4. The molecule has 4 heteroatoms. The summed E-state index contributed by atoms with van der Waals surface area (Å²) in [5.74, 6) is 1.12.